The van der Waals surface area contributed by atoms with Crippen LogP contribution >= 0.6 is 0 Å². The lowest BCUT2D eigenvalue weighted by molar-refractivity contribution is 0.291. The zero-order valence-electron chi connectivity index (χ0n) is 15.0. The van der Waals surface area contributed by atoms with E-state index in [-0.39, 0.29) is 6.17 Å². The van der Waals surface area contributed by atoms with Crippen molar-refractivity contribution in [2.75, 3.05) is 5.32 Å². The minimum atomic E-state index is 0.0735. The molecule has 0 radical (unpaired) electrons. The summed E-state index contributed by atoms with van der Waals surface area (Å²) in [6, 6.07) is 8.32. The van der Waals surface area contributed by atoms with Gasteiger partial charge < -0.3 is 5.73 Å². The van der Waals surface area contributed by atoms with Gasteiger partial charge in [0.05, 0.1) is 11.0 Å². The summed E-state index contributed by atoms with van der Waals surface area (Å²) in [4.78, 5) is 9.56. The molecule has 1 saturated carbocycles. The Hall–Kier alpha value is -2.04. The van der Waals surface area contributed by atoms with E-state index in [1.54, 1.807) is 0 Å². The first-order chi connectivity index (χ1) is 12.3. The topological polar surface area (TPSA) is 68.2 Å². The van der Waals surface area contributed by atoms with E-state index >= 15 is 0 Å². The average Bonchev–Trinajstić information content (AvgIpc) is 2.95. The second-order valence-corrected chi connectivity index (χ2v) is 7.51. The summed E-state index contributed by atoms with van der Waals surface area (Å²) in [5.74, 6) is 1.88. The van der Waals surface area contributed by atoms with E-state index < -0.39 is 0 Å². The SMILES string of the molecule is NC1=N[C@@H](C2CCCCCCCCCC2)n2c(nc3ccccc32)N1. The second-order valence-electron chi connectivity index (χ2n) is 7.51. The minimum absolute atomic E-state index is 0.0735. The van der Waals surface area contributed by atoms with E-state index in [9.17, 15) is 0 Å². The molecule has 1 aromatic heterocycles. The fourth-order valence-electron chi connectivity index (χ4n) is 4.38. The lowest BCUT2D eigenvalue weighted by atomic mass is 9.92. The van der Waals surface area contributed by atoms with Crippen molar-refractivity contribution in [3.05, 3.63) is 24.3 Å². The third-order valence-corrected chi connectivity index (χ3v) is 5.69. The van der Waals surface area contributed by atoms with Crippen LogP contribution in [0, 0.1) is 5.92 Å². The number of hydrogen-bond donors (Lipinski definition) is 2. The van der Waals surface area contributed by atoms with E-state index in [0.29, 0.717) is 11.9 Å². The largest absolute Gasteiger partial charge is 0.370 e. The van der Waals surface area contributed by atoms with Crippen LogP contribution in [0.1, 0.15) is 70.4 Å². The van der Waals surface area contributed by atoms with Gasteiger partial charge in [0, 0.05) is 5.92 Å². The van der Waals surface area contributed by atoms with Crippen LogP contribution in [0.5, 0.6) is 0 Å². The summed E-state index contributed by atoms with van der Waals surface area (Å²) >= 11 is 0. The van der Waals surface area contributed by atoms with Crippen molar-refractivity contribution in [1.29, 1.82) is 0 Å². The number of aromatic nitrogens is 2. The molecule has 1 fully saturated rings. The zero-order chi connectivity index (χ0) is 17.1. The number of anilines is 1. The summed E-state index contributed by atoms with van der Waals surface area (Å²) in [7, 11) is 0. The molecule has 5 heteroatoms. The number of nitrogens with one attached hydrogen (secondary N) is 1. The maximum absolute atomic E-state index is 6.10. The van der Waals surface area contributed by atoms with E-state index in [2.05, 4.69) is 28.1 Å². The van der Waals surface area contributed by atoms with Gasteiger partial charge in [0.15, 0.2) is 5.96 Å². The number of aliphatic imine (C=N–C) groups is 1. The number of rotatable bonds is 1. The van der Waals surface area contributed by atoms with Crippen LogP contribution in [-0.4, -0.2) is 15.5 Å². The van der Waals surface area contributed by atoms with Gasteiger partial charge in [0.1, 0.15) is 6.17 Å². The van der Waals surface area contributed by atoms with Crippen LogP contribution in [0.15, 0.2) is 29.3 Å². The Labute approximate surface area is 149 Å². The highest BCUT2D eigenvalue weighted by Crippen LogP contribution is 2.37. The molecule has 2 aliphatic rings. The molecule has 2 aromatic rings. The number of nitrogens with zero attached hydrogens (tertiary/aromatic N) is 3. The van der Waals surface area contributed by atoms with Gasteiger partial charge in [-0.2, -0.15) is 0 Å². The third kappa shape index (κ3) is 3.51. The minimum Gasteiger partial charge on any atom is -0.370 e. The van der Waals surface area contributed by atoms with Gasteiger partial charge in [-0.15, -0.1) is 0 Å². The van der Waals surface area contributed by atoms with Gasteiger partial charge in [0.25, 0.3) is 0 Å². The quantitative estimate of drug-likeness (QED) is 0.783. The molecule has 25 heavy (non-hydrogen) atoms. The Morgan fingerprint density at radius 2 is 1.56 bits per heavy atom. The summed E-state index contributed by atoms with van der Waals surface area (Å²) in [6.45, 7) is 0. The molecular formula is C20H29N5. The Bertz CT molecular complexity index is 736. The molecule has 134 valence electrons. The summed E-state index contributed by atoms with van der Waals surface area (Å²) in [5, 5.41) is 3.16. The lowest BCUT2D eigenvalue weighted by Gasteiger charge is -2.30. The van der Waals surface area contributed by atoms with Gasteiger partial charge in [-0.1, -0.05) is 63.5 Å². The van der Waals surface area contributed by atoms with Crippen LogP contribution in [0.2, 0.25) is 0 Å². The molecular weight excluding hydrogens is 310 g/mol. The molecule has 1 aliphatic heterocycles. The lowest BCUT2D eigenvalue weighted by Crippen LogP contribution is -2.33. The van der Waals surface area contributed by atoms with Gasteiger partial charge >= 0.3 is 0 Å². The van der Waals surface area contributed by atoms with Crippen LogP contribution in [-0.2, 0) is 0 Å². The van der Waals surface area contributed by atoms with Gasteiger partial charge in [-0.25, -0.2) is 9.98 Å². The Morgan fingerprint density at radius 3 is 2.28 bits per heavy atom. The van der Waals surface area contributed by atoms with E-state index in [0.717, 1.165) is 17.0 Å². The normalized spacial score (nSPS) is 23.4. The van der Waals surface area contributed by atoms with Crippen LogP contribution < -0.4 is 11.1 Å². The number of fused-ring (bicyclic) bond motifs is 3. The van der Waals surface area contributed by atoms with Crippen molar-refractivity contribution in [1.82, 2.24) is 9.55 Å². The number of nitrogens with two attached hydrogens (primary N) is 1. The Morgan fingerprint density at radius 1 is 0.920 bits per heavy atom. The van der Waals surface area contributed by atoms with E-state index in [1.165, 1.54) is 64.2 Å². The van der Waals surface area contributed by atoms with Crippen molar-refractivity contribution < 1.29 is 0 Å². The molecule has 0 unspecified atom stereocenters. The molecule has 3 N–H and O–H groups in total. The number of guanidine groups is 1. The molecule has 0 saturated heterocycles. The maximum Gasteiger partial charge on any atom is 0.212 e. The second kappa shape index (κ2) is 7.46. The Kier molecular flexibility index (Phi) is 4.90. The molecule has 1 atom stereocenters. The number of benzene rings is 1. The molecule has 5 nitrogen and oxygen atoms in total. The third-order valence-electron chi connectivity index (χ3n) is 5.69. The summed E-state index contributed by atoms with van der Waals surface area (Å²) in [5.41, 5.74) is 8.27. The fourth-order valence-corrected chi connectivity index (χ4v) is 4.38. The Balaban J connectivity index is 1.66. The summed E-state index contributed by atoms with van der Waals surface area (Å²) < 4.78 is 2.27. The molecule has 0 amide bonds. The van der Waals surface area contributed by atoms with Gasteiger partial charge in [0.2, 0.25) is 5.95 Å². The molecule has 1 aliphatic carbocycles. The monoisotopic (exact) mass is 339 g/mol. The van der Waals surface area contributed by atoms with E-state index in [4.69, 9.17) is 15.7 Å². The van der Waals surface area contributed by atoms with Crippen LogP contribution in [0.4, 0.5) is 5.95 Å². The highest BCUT2D eigenvalue weighted by Gasteiger charge is 2.30. The molecule has 1 aromatic carbocycles. The van der Waals surface area contributed by atoms with E-state index in [1.807, 2.05) is 6.07 Å². The zero-order valence-corrected chi connectivity index (χ0v) is 15.0. The molecule has 4 rings (SSSR count). The number of hydrogen-bond acceptors (Lipinski definition) is 4. The summed E-state index contributed by atoms with van der Waals surface area (Å²) in [6.07, 6.45) is 13.4. The van der Waals surface area contributed by atoms with Crippen molar-refractivity contribution >= 4 is 22.9 Å². The standard InChI is InChI=1S/C20H29N5/c21-19-23-18(15-11-7-5-3-1-2-4-6-8-12-15)25-17-14-10-9-13-16(17)22-20(25)24-19/h9-10,13-15,18H,1-8,11-12H2,(H3,21,22,23,24)/t18-/m1/s1. The van der Waals surface area contributed by atoms with Crippen molar-refractivity contribution in [3.8, 4) is 0 Å². The first-order valence-electron chi connectivity index (χ1n) is 9.90. The molecule has 0 bridgehead atoms. The first kappa shape index (κ1) is 16.4. The van der Waals surface area contributed by atoms with Crippen LogP contribution in [0.25, 0.3) is 11.0 Å². The first-order valence-corrected chi connectivity index (χ1v) is 9.90. The van der Waals surface area contributed by atoms with Gasteiger partial charge in [-0.05, 0) is 25.0 Å². The maximum atomic E-state index is 6.10. The predicted octanol–water partition coefficient (Wildman–Crippen LogP) is 4.81. The van der Waals surface area contributed by atoms with Crippen molar-refractivity contribution in [2.45, 2.75) is 70.4 Å². The smallest absolute Gasteiger partial charge is 0.212 e. The highest BCUT2D eigenvalue weighted by atomic mass is 15.4. The van der Waals surface area contributed by atoms with Crippen LogP contribution in [0.3, 0.4) is 0 Å². The highest BCUT2D eigenvalue weighted by molar-refractivity contribution is 5.94. The number of imidazole rings is 1. The molecule has 2 heterocycles. The number of para-hydroxylation sites is 2. The fraction of sp³-hybridized carbons (Fsp3) is 0.600. The predicted molar refractivity (Wildman–Crippen MR) is 104 cm³/mol. The van der Waals surface area contributed by atoms with Crippen molar-refractivity contribution in [3.63, 3.8) is 0 Å². The van der Waals surface area contributed by atoms with Gasteiger partial charge in [-0.3, -0.25) is 9.88 Å². The average molecular weight is 339 g/mol. The molecule has 0 spiro atoms. The van der Waals surface area contributed by atoms with Crippen molar-refractivity contribution in [2.24, 2.45) is 16.6 Å².